The van der Waals surface area contributed by atoms with E-state index in [4.69, 9.17) is 4.74 Å². The Kier molecular flexibility index (Phi) is 4.27. The number of amides is 1. The van der Waals surface area contributed by atoms with Gasteiger partial charge in [-0.3, -0.25) is 4.79 Å². The zero-order valence-corrected chi connectivity index (χ0v) is 11.7. The zero-order valence-electron chi connectivity index (χ0n) is 11.7. The minimum Gasteiger partial charge on any atom is -0.496 e. The number of likely N-dealkylation sites (tertiary alicyclic amines) is 1. The summed E-state index contributed by atoms with van der Waals surface area (Å²) >= 11 is 0. The molecule has 2 atom stereocenters. The van der Waals surface area contributed by atoms with E-state index in [9.17, 15) is 14.7 Å². The average Bonchev–Trinajstić information content (AvgIpc) is 2.45. The van der Waals surface area contributed by atoms with Gasteiger partial charge in [-0.25, -0.2) is 4.79 Å². The van der Waals surface area contributed by atoms with Crippen LogP contribution in [0.1, 0.15) is 30.1 Å². The highest BCUT2D eigenvalue weighted by atomic mass is 16.5. The number of nitrogens with zero attached hydrogens (tertiary/aromatic N) is 1. The average molecular weight is 277 g/mol. The summed E-state index contributed by atoms with van der Waals surface area (Å²) in [7, 11) is 1.50. The highest BCUT2D eigenvalue weighted by Crippen LogP contribution is 2.27. The van der Waals surface area contributed by atoms with E-state index in [1.54, 1.807) is 24.3 Å². The van der Waals surface area contributed by atoms with Gasteiger partial charge >= 0.3 is 5.97 Å². The lowest BCUT2D eigenvalue weighted by Gasteiger charge is -2.37. The van der Waals surface area contributed by atoms with Crippen LogP contribution in [0.15, 0.2) is 24.3 Å². The predicted molar refractivity (Wildman–Crippen MR) is 73.9 cm³/mol. The number of carboxylic acid groups (broad SMARTS) is 1. The number of benzene rings is 1. The van der Waals surface area contributed by atoms with Crippen LogP contribution < -0.4 is 4.74 Å². The molecule has 0 saturated carbocycles. The molecule has 1 amide bonds. The van der Waals surface area contributed by atoms with E-state index in [2.05, 4.69) is 0 Å². The lowest BCUT2D eigenvalue weighted by molar-refractivity contribution is -0.145. The lowest BCUT2D eigenvalue weighted by atomic mass is 9.90. The first-order valence-corrected chi connectivity index (χ1v) is 6.73. The van der Waals surface area contributed by atoms with Crippen LogP contribution in [0, 0.1) is 5.92 Å². The second-order valence-electron chi connectivity index (χ2n) is 5.10. The van der Waals surface area contributed by atoms with Gasteiger partial charge in [0.1, 0.15) is 11.8 Å². The van der Waals surface area contributed by atoms with Crippen LogP contribution in [0.25, 0.3) is 0 Å². The van der Waals surface area contributed by atoms with Crippen LogP contribution in [0.5, 0.6) is 5.75 Å². The summed E-state index contributed by atoms with van der Waals surface area (Å²) in [4.78, 5) is 25.5. The minimum atomic E-state index is -0.944. The van der Waals surface area contributed by atoms with Gasteiger partial charge in [-0.05, 0) is 30.9 Å². The van der Waals surface area contributed by atoms with Crippen LogP contribution in [0.3, 0.4) is 0 Å². The minimum absolute atomic E-state index is 0.0418. The molecule has 0 radical (unpaired) electrons. The quantitative estimate of drug-likeness (QED) is 0.918. The Morgan fingerprint density at radius 3 is 2.70 bits per heavy atom. The van der Waals surface area contributed by atoms with Gasteiger partial charge in [0.25, 0.3) is 5.91 Å². The maximum Gasteiger partial charge on any atom is 0.326 e. The van der Waals surface area contributed by atoms with E-state index in [0.29, 0.717) is 17.9 Å². The lowest BCUT2D eigenvalue weighted by Crippen LogP contribution is -2.51. The summed E-state index contributed by atoms with van der Waals surface area (Å²) in [5, 5.41) is 9.38. The maximum absolute atomic E-state index is 12.6. The number of para-hydroxylation sites is 1. The van der Waals surface area contributed by atoms with Crippen LogP contribution >= 0.6 is 0 Å². The normalized spacial score (nSPS) is 22.4. The number of methoxy groups -OCH3 is 1. The van der Waals surface area contributed by atoms with Crippen molar-refractivity contribution in [1.29, 1.82) is 0 Å². The third-order valence-electron chi connectivity index (χ3n) is 3.78. The van der Waals surface area contributed by atoms with Crippen LogP contribution in [0.4, 0.5) is 0 Å². The summed E-state index contributed by atoms with van der Waals surface area (Å²) in [6, 6.07) is 6.14. The highest BCUT2D eigenvalue weighted by Gasteiger charge is 2.37. The van der Waals surface area contributed by atoms with Crippen molar-refractivity contribution in [2.45, 2.75) is 25.8 Å². The summed E-state index contributed by atoms with van der Waals surface area (Å²) in [6.07, 6.45) is 1.65. The molecule has 1 heterocycles. The molecule has 1 aliphatic rings. The summed E-state index contributed by atoms with van der Waals surface area (Å²) in [5.41, 5.74) is 0.412. The van der Waals surface area contributed by atoms with E-state index in [1.807, 2.05) is 6.92 Å². The predicted octanol–water partition coefficient (Wildman–Crippen LogP) is 2.02. The van der Waals surface area contributed by atoms with Gasteiger partial charge in [0, 0.05) is 6.54 Å². The smallest absolute Gasteiger partial charge is 0.326 e. The molecular formula is C15H19NO4. The second kappa shape index (κ2) is 5.94. The number of carbonyl (C=O) groups is 2. The van der Waals surface area contributed by atoms with E-state index in [-0.39, 0.29) is 11.8 Å². The molecule has 0 spiro atoms. The molecule has 5 nitrogen and oxygen atoms in total. The molecule has 1 N–H and O–H groups in total. The maximum atomic E-state index is 12.6. The second-order valence-corrected chi connectivity index (χ2v) is 5.10. The number of carbonyl (C=O) groups excluding carboxylic acids is 1. The molecule has 2 rings (SSSR count). The van der Waals surface area contributed by atoms with Crippen LogP contribution in [0.2, 0.25) is 0 Å². The third kappa shape index (κ3) is 2.61. The summed E-state index contributed by atoms with van der Waals surface area (Å²) < 4.78 is 5.18. The Hall–Kier alpha value is -2.04. The van der Waals surface area contributed by atoms with Gasteiger partial charge in [0.15, 0.2) is 0 Å². The van der Waals surface area contributed by atoms with Crippen molar-refractivity contribution in [2.24, 2.45) is 5.92 Å². The van der Waals surface area contributed by atoms with Gasteiger partial charge in [-0.2, -0.15) is 0 Å². The number of piperidine rings is 1. The van der Waals surface area contributed by atoms with E-state index < -0.39 is 12.0 Å². The van der Waals surface area contributed by atoms with E-state index >= 15 is 0 Å². The molecule has 108 valence electrons. The van der Waals surface area contributed by atoms with E-state index in [1.165, 1.54) is 12.0 Å². The first-order chi connectivity index (χ1) is 9.56. The van der Waals surface area contributed by atoms with Gasteiger partial charge in [-0.1, -0.05) is 19.1 Å². The van der Waals surface area contributed by atoms with Crippen LogP contribution in [-0.2, 0) is 4.79 Å². The van der Waals surface area contributed by atoms with Crippen molar-refractivity contribution in [3.05, 3.63) is 29.8 Å². The Labute approximate surface area is 118 Å². The number of hydrogen-bond donors (Lipinski definition) is 1. The molecule has 1 aliphatic heterocycles. The van der Waals surface area contributed by atoms with Crippen molar-refractivity contribution >= 4 is 11.9 Å². The Balaban J connectivity index is 2.33. The van der Waals surface area contributed by atoms with Gasteiger partial charge < -0.3 is 14.7 Å². The van der Waals surface area contributed by atoms with Gasteiger partial charge in [0.05, 0.1) is 12.7 Å². The molecule has 1 saturated heterocycles. The molecular weight excluding hydrogens is 258 g/mol. The number of hydrogen-bond acceptors (Lipinski definition) is 3. The molecule has 20 heavy (non-hydrogen) atoms. The van der Waals surface area contributed by atoms with Crippen molar-refractivity contribution in [3.8, 4) is 5.75 Å². The largest absolute Gasteiger partial charge is 0.496 e. The van der Waals surface area contributed by atoms with Crippen molar-refractivity contribution in [3.63, 3.8) is 0 Å². The van der Waals surface area contributed by atoms with Gasteiger partial charge in [-0.15, -0.1) is 0 Å². The monoisotopic (exact) mass is 277 g/mol. The molecule has 0 bridgehead atoms. The van der Waals surface area contributed by atoms with Crippen LogP contribution in [-0.4, -0.2) is 41.6 Å². The fourth-order valence-electron chi connectivity index (χ4n) is 2.77. The molecule has 2 unspecified atom stereocenters. The fourth-order valence-corrected chi connectivity index (χ4v) is 2.77. The SMILES string of the molecule is COc1ccccc1C(=O)N1CCCC(C)C1C(=O)O. The third-order valence-corrected chi connectivity index (χ3v) is 3.78. The number of rotatable bonds is 3. The Bertz CT molecular complexity index is 514. The number of aliphatic carboxylic acids is 1. The molecule has 1 aromatic rings. The van der Waals surface area contributed by atoms with Gasteiger partial charge in [0.2, 0.25) is 0 Å². The highest BCUT2D eigenvalue weighted by molar-refractivity contribution is 5.99. The molecule has 1 aromatic carbocycles. The number of ether oxygens (including phenoxy) is 1. The Morgan fingerprint density at radius 2 is 2.05 bits per heavy atom. The fraction of sp³-hybridized carbons (Fsp3) is 0.467. The number of carboxylic acids is 1. The Morgan fingerprint density at radius 1 is 1.35 bits per heavy atom. The summed E-state index contributed by atoms with van der Waals surface area (Å²) in [5.74, 6) is -0.790. The summed E-state index contributed by atoms with van der Waals surface area (Å²) in [6.45, 7) is 2.35. The molecule has 1 fully saturated rings. The molecule has 0 aliphatic carbocycles. The van der Waals surface area contributed by atoms with Crippen molar-refractivity contribution < 1.29 is 19.4 Å². The van der Waals surface area contributed by atoms with E-state index in [0.717, 1.165) is 12.8 Å². The molecule has 0 aromatic heterocycles. The standard InChI is InChI=1S/C15H19NO4/c1-10-6-5-9-16(13(10)15(18)19)14(17)11-7-3-4-8-12(11)20-2/h3-4,7-8,10,13H,5-6,9H2,1-2H3,(H,18,19). The molecule has 5 heteroatoms. The van der Waals surface area contributed by atoms with Crippen molar-refractivity contribution in [2.75, 3.05) is 13.7 Å². The van der Waals surface area contributed by atoms with Crippen molar-refractivity contribution in [1.82, 2.24) is 4.90 Å². The first kappa shape index (κ1) is 14.4. The topological polar surface area (TPSA) is 66.8 Å². The zero-order chi connectivity index (χ0) is 14.7. The first-order valence-electron chi connectivity index (χ1n) is 6.73.